The molecule has 1 aliphatic carbocycles. The highest BCUT2D eigenvalue weighted by atomic mass is 16.3. The molecule has 2 heterocycles. The van der Waals surface area contributed by atoms with Crippen LogP contribution in [0.5, 0.6) is 0 Å². The number of hydrogen-bond acceptors (Lipinski definition) is 3. The topological polar surface area (TPSA) is 57.8 Å². The molecule has 1 fully saturated rings. The van der Waals surface area contributed by atoms with E-state index in [1.807, 2.05) is 28.8 Å². The number of aliphatic hydroxyl groups is 1. The highest BCUT2D eigenvalue weighted by Crippen LogP contribution is 2.25. The van der Waals surface area contributed by atoms with Gasteiger partial charge in [0.1, 0.15) is 11.3 Å². The monoisotopic (exact) mass is 259 g/mol. The maximum atomic E-state index is 12.5. The van der Waals surface area contributed by atoms with Gasteiger partial charge in [0.2, 0.25) is 0 Å². The lowest BCUT2D eigenvalue weighted by molar-refractivity contribution is 0.0520. The summed E-state index contributed by atoms with van der Waals surface area (Å²) in [5.74, 6) is -0.0811. The van der Waals surface area contributed by atoms with Crippen molar-refractivity contribution in [3.8, 4) is 0 Å². The number of aliphatic hydroxyl groups excluding tert-OH is 1. The molecule has 0 radical (unpaired) electrons. The van der Waals surface area contributed by atoms with Crippen molar-refractivity contribution in [2.75, 3.05) is 13.2 Å². The molecule has 19 heavy (non-hydrogen) atoms. The standard InChI is InChI=1S/C14H17N3O2/c18-9-8-17(11-4-3-5-11)14(19)12-10-16-7-2-1-6-13(16)15-12/h1-2,6-7,10-11,18H,3-5,8-9H2. The van der Waals surface area contributed by atoms with E-state index < -0.39 is 0 Å². The third kappa shape index (κ3) is 2.21. The molecular weight excluding hydrogens is 242 g/mol. The summed E-state index contributed by atoms with van der Waals surface area (Å²) in [6.45, 7) is 0.382. The molecule has 1 N–H and O–H groups in total. The number of carbonyl (C=O) groups excluding carboxylic acids is 1. The summed E-state index contributed by atoms with van der Waals surface area (Å²) in [5, 5.41) is 9.12. The van der Waals surface area contributed by atoms with Gasteiger partial charge in [-0.3, -0.25) is 4.79 Å². The Labute approximate surface area is 111 Å². The Morgan fingerprint density at radius 2 is 2.32 bits per heavy atom. The Kier molecular flexibility index (Phi) is 3.21. The maximum Gasteiger partial charge on any atom is 0.274 e. The molecule has 1 saturated carbocycles. The number of nitrogens with zero attached hydrogens (tertiary/aromatic N) is 3. The van der Waals surface area contributed by atoms with E-state index in [2.05, 4.69) is 4.98 Å². The largest absolute Gasteiger partial charge is 0.395 e. The van der Waals surface area contributed by atoms with E-state index in [9.17, 15) is 4.79 Å². The van der Waals surface area contributed by atoms with E-state index in [1.165, 1.54) is 0 Å². The molecule has 0 atom stereocenters. The van der Waals surface area contributed by atoms with E-state index in [0.29, 0.717) is 12.2 Å². The van der Waals surface area contributed by atoms with Crippen LogP contribution in [0.4, 0.5) is 0 Å². The van der Waals surface area contributed by atoms with Gasteiger partial charge in [-0.2, -0.15) is 0 Å². The molecule has 2 aromatic heterocycles. The molecule has 0 aromatic carbocycles. The van der Waals surface area contributed by atoms with Crippen LogP contribution in [0.15, 0.2) is 30.6 Å². The molecule has 0 aliphatic heterocycles. The summed E-state index contributed by atoms with van der Waals surface area (Å²) in [7, 11) is 0. The van der Waals surface area contributed by atoms with Crippen LogP contribution in [0.1, 0.15) is 29.8 Å². The Hall–Kier alpha value is -1.88. The fourth-order valence-corrected chi connectivity index (χ4v) is 2.44. The van der Waals surface area contributed by atoms with Gasteiger partial charge in [0.25, 0.3) is 5.91 Å². The molecule has 1 aliphatic rings. The lowest BCUT2D eigenvalue weighted by atomic mass is 9.91. The first kappa shape index (κ1) is 12.2. The average molecular weight is 259 g/mol. The summed E-state index contributed by atoms with van der Waals surface area (Å²) in [5.41, 5.74) is 1.22. The number of amides is 1. The lowest BCUT2D eigenvalue weighted by Crippen LogP contribution is -2.45. The summed E-state index contributed by atoms with van der Waals surface area (Å²) in [6.07, 6.45) is 6.84. The Balaban J connectivity index is 1.87. The number of rotatable bonds is 4. The second-order valence-electron chi connectivity index (χ2n) is 4.90. The molecule has 0 unspecified atom stereocenters. The number of aromatic nitrogens is 2. The van der Waals surface area contributed by atoms with Gasteiger partial charge in [0.15, 0.2) is 0 Å². The molecule has 5 heteroatoms. The van der Waals surface area contributed by atoms with Crippen LogP contribution in [0.25, 0.3) is 5.65 Å². The normalized spacial score (nSPS) is 15.4. The van der Waals surface area contributed by atoms with Crippen LogP contribution < -0.4 is 0 Å². The van der Waals surface area contributed by atoms with Gasteiger partial charge < -0.3 is 14.4 Å². The Bertz CT molecular complexity index is 556. The van der Waals surface area contributed by atoms with Crippen molar-refractivity contribution >= 4 is 11.6 Å². The van der Waals surface area contributed by atoms with E-state index >= 15 is 0 Å². The second-order valence-corrected chi connectivity index (χ2v) is 4.90. The summed E-state index contributed by atoms with van der Waals surface area (Å²) < 4.78 is 1.84. The highest BCUT2D eigenvalue weighted by molar-refractivity contribution is 5.93. The molecule has 100 valence electrons. The van der Waals surface area contributed by atoms with E-state index in [4.69, 9.17) is 5.11 Å². The van der Waals surface area contributed by atoms with Gasteiger partial charge in [-0.1, -0.05) is 6.07 Å². The van der Waals surface area contributed by atoms with Crippen molar-refractivity contribution in [3.63, 3.8) is 0 Å². The first-order chi connectivity index (χ1) is 9.29. The second kappa shape index (κ2) is 5.01. The van der Waals surface area contributed by atoms with Gasteiger partial charge >= 0.3 is 0 Å². The van der Waals surface area contributed by atoms with Crippen molar-refractivity contribution in [2.45, 2.75) is 25.3 Å². The third-order valence-corrected chi connectivity index (χ3v) is 3.70. The molecular formula is C14H17N3O2. The van der Waals surface area contributed by atoms with Crippen LogP contribution in [0.2, 0.25) is 0 Å². The van der Waals surface area contributed by atoms with Crippen LogP contribution in [0, 0.1) is 0 Å². The smallest absolute Gasteiger partial charge is 0.274 e. The lowest BCUT2D eigenvalue weighted by Gasteiger charge is -2.36. The fourth-order valence-electron chi connectivity index (χ4n) is 2.44. The molecule has 0 bridgehead atoms. The minimum atomic E-state index is -0.0811. The van der Waals surface area contributed by atoms with Gasteiger partial charge in [0.05, 0.1) is 6.61 Å². The Morgan fingerprint density at radius 3 is 2.95 bits per heavy atom. The van der Waals surface area contributed by atoms with E-state index in [0.717, 1.165) is 24.9 Å². The summed E-state index contributed by atoms with van der Waals surface area (Å²) in [6, 6.07) is 5.94. The van der Waals surface area contributed by atoms with Crippen molar-refractivity contribution in [1.82, 2.24) is 14.3 Å². The predicted octanol–water partition coefficient (Wildman–Crippen LogP) is 1.32. The molecule has 2 aromatic rings. The number of pyridine rings is 1. The summed E-state index contributed by atoms with van der Waals surface area (Å²) in [4.78, 5) is 18.6. The van der Waals surface area contributed by atoms with Crippen LogP contribution in [-0.4, -0.2) is 44.5 Å². The number of imidazole rings is 1. The molecule has 0 saturated heterocycles. The van der Waals surface area contributed by atoms with Gasteiger partial charge in [0, 0.05) is 25.0 Å². The minimum absolute atomic E-state index is 0.00435. The van der Waals surface area contributed by atoms with Gasteiger partial charge in [-0.15, -0.1) is 0 Å². The van der Waals surface area contributed by atoms with E-state index in [1.54, 1.807) is 11.1 Å². The van der Waals surface area contributed by atoms with Crippen molar-refractivity contribution in [1.29, 1.82) is 0 Å². The zero-order valence-electron chi connectivity index (χ0n) is 10.7. The van der Waals surface area contributed by atoms with Crippen LogP contribution in [-0.2, 0) is 0 Å². The fraction of sp³-hybridized carbons (Fsp3) is 0.429. The minimum Gasteiger partial charge on any atom is -0.395 e. The van der Waals surface area contributed by atoms with E-state index in [-0.39, 0.29) is 18.6 Å². The molecule has 3 rings (SSSR count). The molecule has 5 nitrogen and oxygen atoms in total. The number of fused-ring (bicyclic) bond motifs is 1. The highest BCUT2D eigenvalue weighted by Gasteiger charge is 2.30. The average Bonchev–Trinajstić information content (AvgIpc) is 2.79. The zero-order valence-corrected chi connectivity index (χ0v) is 10.7. The quantitative estimate of drug-likeness (QED) is 0.901. The molecule has 0 spiro atoms. The Morgan fingerprint density at radius 1 is 1.47 bits per heavy atom. The van der Waals surface area contributed by atoms with Gasteiger partial charge in [-0.25, -0.2) is 4.98 Å². The number of carbonyl (C=O) groups is 1. The van der Waals surface area contributed by atoms with Crippen molar-refractivity contribution in [2.24, 2.45) is 0 Å². The number of hydrogen-bond donors (Lipinski definition) is 1. The zero-order chi connectivity index (χ0) is 13.2. The van der Waals surface area contributed by atoms with Gasteiger partial charge in [-0.05, 0) is 31.4 Å². The maximum absolute atomic E-state index is 12.5. The van der Waals surface area contributed by atoms with Crippen LogP contribution >= 0.6 is 0 Å². The summed E-state index contributed by atoms with van der Waals surface area (Å²) >= 11 is 0. The van der Waals surface area contributed by atoms with Crippen molar-refractivity contribution in [3.05, 3.63) is 36.3 Å². The predicted molar refractivity (Wildman–Crippen MR) is 71.0 cm³/mol. The third-order valence-electron chi connectivity index (χ3n) is 3.70. The SMILES string of the molecule is O=C(c1cn2ccccc2n1)N(CCO)C1CCC1. The first-order valence-corrected chi connectivity index (χ1v) is 6.65. The molecule has 1 amide bonds. The first-order valence-electron chi connectivity index (χ1n) is 6.65. The van der Waals surface area contributed by atoms with Crippen LogP contribution in [0.3, 0.4) is 0 Å². The van der Waals surface area contributed by atoms with Crippen molar-refractivity contribution < 1.29 is 9.90 Å².